The monoisotopic (exact) mass is 242 g/mol. The van der Waals surface area contributed by atoms with E-state index in [-0.39, 0.29) is 5.91 Å². The number of morpholine rings is 1. The van der Waals surface area contributed by atoms with Gasteiger partial charge in [0.15, 0.2) is 0 Å². The first-order valence-corrected chi connectivity index (χ1v) is 6.73. The fourth-order valence-electron chi connectivity index (χ4n) is 2.03. The average molecular weight is 242 g/mol. The Morgan fingerprint density at radius 1 is 1.35 bits per heavy atom. The van der Waals surface area contributed by atoms with Gasteiger partial charge in [0, 0.05) is 32.1 Å². The Morgan fingerprint density at radius 3 is 2.53 bits per heavy atom. The molecule has 100 valence electrons. The molecular weight excluding hydrogens is 216 g/mol. The molecule has 1 rings (SSSR count). The highest BCUT2D eigenvalue weighted by Crippen LogP contribution is 2.08. The van der Waals surface area contributed by atoms with Gasteiger partial charge in [-0.1, -0.05) is 20.8 Å². The van der Waals surface area contributed by atoms with E-state index in [0.717, 1.165) is 39.3 Å². The van der Waals surface area contributed by atoms with Gasteiger partial charge in [-0.25, -0.2) is 0 Å². The van der Waals surface area contributed by atoms with Crippen molar-refractivity contribution in [2.45, 2.75) is 39.7 Å². The SMILES string of the molecule is CCC(=O)NC(CCN1CCOCC1)C(C)C. The molecule has 0 saturated carbocycles. The molecule has 17 heavy (non-hydrogen) atoms. The van der Waals surface area contributed by atoms with Gasteiger partial charge in [-0.2, -0.15) is 0 Å². The van der Waals surface area contributed by atoms with Crippen molar-refractivity contribution in [3.05, 3.63) is 0 Å². The van der Waals surface area contributed by atoms with E-state index in [1.807, 2.05) is 6.92 Å². The third kappa shape index (κ3) is 5.50. The number of hydrogen-bond acceptors (Lipinski definition) is 3. The molecule has 0 aromatic heterocycles. The van der Waals surface area contributed by atoms with Gasteiger partial charge < -0.3 is 10.1 Å². The Labute approximate surface area is 105 Å². The van der Waals surface area contributed by atoms with Gasteiger partial charge in [-0.05, 0) is 12.3 Å². The largest absolute Gasteiger partial charge is 0.379 e. The first-order chi connectivity index (χ1) is 8.13. The molecule has 1 saturated heterocycles. The van der Waals surface area contributed by atoms with Crippen molar-refractivity contribution in [3.63, 3.8) is 0 Å². The summed E-state index contributed by atoms with van der Waals surface area (Å²) in [6.45, 7) is 11.0. The number of nitrogens with one attached hydrogen (secondary N) is 1. The molecule has 1 fully saturated rings. The third-order valence-electron chi connectivity index (χ3n) is 3.33. The lowest BCUT2D eigenvalue weighted by atomic mass is 10.0. The summed E-state index contributed by atoms with van der Waals surface area (Å²) in [6, 6.07) is 0.297. The molecule has 4 heteroatoms. The zero-order valence-corrected chi connectivity index (χ0v) is 11.4. The van der Waals surface area contributed by atoms with Crippen LogP contribution < -0.4 is 5.32 Å². The molecule has 0 aromatic carbocycles. The third-order valence-corrected chi connectivity index (χ3v) is 3.33. The van der Waals surface area contributed by atoms with Crippen molar-refractivity contribution < 1.29 is 9.53 Å². The molecule has 0 bridgehead atoms. The maximum Gasteiger partial charge on any atom is 0.219 e. The van der Waals surface area contributed by atoms with Crippen LogP contribution in [0.1, 0.15) is 33.6 Å². The van der Waals surface area contributed by atoms with Crippen molar-refractivity contribution in [1.82, 2.24) is 10.2 Å². The summed E-state index contributed by atoms with van der Waals surface area (Å²) < 4.78 is 5.32. The lowest BCUT2D eigenvalue weighted by Crippen LogP contribution is -2.43. The minimum absolute atomic E-state index is 0.158. The van der Waals surface area contributed by atoms with Crippen LogP contribution in [0.3, 0.4) is 0 Å². The molecule has 1 amide bonds. The van der Waals surface area contributed by atoms with Crippen LogP contribution in [0, 0.1) is 5.92 Å². The molecule has 1 atom stereocenters. The molecule has 0 spiro atoms. The summed E-state index contributed by atoms with van der Waals surface area (Å²) in [5, 5.41) is 3.11. The second kappa shape index (κ2) is 7.67. The highest BCUT2D eigenvalue weighted by atomic mass is 16.5. The Kier molecular flexibility index (Phi) is 6.52. The molecule has 1 N–H and O–H groups in total. The van der Waals surface area contributed by atoms with E-state index in [1.54, 1.807) is 0 Å². The van der Waals surface area contributed by atoms with E-state index in [1.165, 1.54) is 0 Å². The molecule has 0 aromatic rings. The highest BCUT2D eigenvalue weighted by molar-refractivity contribution is 5.75. The van der Waals surface area contributed by atoms with Crippen molar-refractivity contribution in [2.24, 2.45) is 5.92 Å². The lowest BCUT2D eigenvalue weighted by Gasteiger charge is -2.29. The van der Waals surface area contributed by atoms with Gasteiger partial charge in [-0.15, -0.1) is 0 Å². The van der Waals surface area contributed by atoms with Gasteiger partial charge in [0.2, 0.25) is 5.91 Å². The quantitative estimate of drug-likeness (QED) is 0.762. The smallest absolute Gasteiger partial charge is 0.219 e. The second-order valence-corrected chi connectivity index (χ2v) is 5.01. The van der Waals surface area contributed by atoms with Gasteiger partial charge in [0.25, 0.3) is 0 Å². The van der Waals surface area contributed by atoms with E-state index in [0.29, 0.717) is 18.4 Å². The molecule has 1 unspecified atom stereocenters. The van der Waals surface area contributed by atoms with Gasteiger partial charge >= 0.3 is 0 Å². The summed E-state index contributed by atoms with van der Waals surface area (Å²) in [4.78, 5) is 13.8. The van der Waals surface area contributed by atoms with Crippen molar-refractivity contribution >= 4 is 5.91 Å². The molecule has 4 nitrogen and oxygen atoms in total. The number of ether oxygens (including phenoxy) is 1. The normalized spacial score (nSPS) is 19.3. The van der Waals surface area contributed by atoms with Crippen LogP contribution in [0.5, 0.6) is 0 Å². The van der Waals surface area contributed by atoms with Crippen LogP contribution in [0.25, 0.3) is 0 Å². The average Bonchev–Trinajstić information content (AvgIpc) is 2.35. The zero-order valence-electron chi connectivity index (χ0n) is 11.4. The Morgan fingerprint density at radius 2 is 2.00 bits per heavy atom. The summed E-state index contributed by atoms with van der Waals surface area (Å²) >= 11 is 0. The zero-order chi connectivity index (χ0) is 12.7. The van der Waals surface area contributed by atoms with E-state index in [9.17, 15) is 4.79 Å². The minimum atomic E-state index is 0.158. The number of carbonyl (C=O) groups is 1. The van der Waals surface area contributed by atoms with E-state index in [4.69, 9.17) is 4.74 Å². The summed E-state index contributed by atoms with van der Waals surface area (Å²) in [5.74, 6) is 0.650. The molecule has 0 aliphatic carbocycles. The number of nitrogens with zero attached hydrogens (tertiary/aromatic N) is 1. The second-order valence-electron chi connectivity index (χ2n) is 5.01. The molecule has 1 heterocycles. The summed E-state index contributed by atoms with van der Waals surface area (Å²) in [6.07, 6.45) is 1.60. The van der Waals surface area contributed by atoms with E-state index < -0.39 is 0 Å². The standard InChI is InChI=1S/C13H26N2O2/c1-4-13(16)14-12(11(2)3)5-6-15-7-9-17-10-8-15/h11-12H,4-10H2,1-3H3,(H,14,16). The van der Waals surface area contributed by atoms with Crippen LogP contribution in [-0.2, 0) is 9.53 Å². The minimum Gasteiger partial charge on any atom is -0.379 e. The Balaban J connectivity index is 2.30. The molecule has 1 aliphatic heterocycles. The van der Waals surface area contributed by atoms with Crippen molar-refractivity contribution in [3.8, 4) is 0 Å². The number of carbonyl (C=O) groups excluding carboxylic acids is 1. The topological polar surface area (TPSA) is 41.6 Å². The fraction of sp³-hybridized carbons (Fsp3) is 0.923. The van der Waals surface area contributed by atoms with Crippen molar-refractivity contribution in [1.29, 1.82) is 0 Å². The van der Waals surface area contributed by atoms with Gasteiger partial charge in [0.1, 0.15) is 0 Å². The predicted molar refractivity (Wildman–Crippen MR) is 68.9 cm³/mol. The van der Waals surface area contributed by atoms with Crippen molar-refractivity contribution in [2.75, 3.05) is 32.8 Å². The number of rotatable bonds is 6. The van der Waals surface area contributed by atoms with Gasteiger partial charge in [-0.3, -0.25) is 9.69 Å². The van der Waals surface area contributed by atoms with E-state index in [2.05, 4.69) is 24.1 Å². The number of hydrogen-bond donors (Lipinski definition) is 1. The lowest BCUT2D eigenvalue weighted by molar-refractivity contribution is -0.121. The highest BCUT2D eigenvalue weighted by Gasteiger charge is 2.17. The van der Waals surface area contributed by atoms with Crippen LogP contribution in [0.4, 0.5) is 0 Å². The molecule has 0 radical (unpaired) electrons. The maximum atomic E-state index is 11.4. The predicted octanol–water partition coefficient (Wildman–Crippen LogP) is 1.26. The Bertz CT molecular complexity index is 225. The van der Waals surface area contributed by atoms with Crippen LogP contribution in [-0.4, -0.2) is 49.7 Å². The first kappa shape index (κ1) is 14.5. The van der Waals surface area contributed by atoms with Crippen LogP contribution in [0.2, 0.25) is 0 Å². The first-order valence-electron chi connectivity index (χ1n) is 6.73. The van der Waals surface area contributed by atoms with E-state index >= 15 is 0 Å². The summed E-state index contributed by atoms with van der Waals surface area (Å²) in [5.41, 5.74) is 0. The molecule has 1 aliphatic rings. The number of amides is 1. The van der Waals surface area contributed by atoms with Crippen LogP contribution in [0.15, 0.2) is 0 Å². The maximum absolute atomic E-state index is 11.4. The fourth-order valence-corrected chi connectivity index (χ4v) is 2.03. The Hall–Kier alpha value is -0.610. The molecular formula is C13H26N2O2. The summed E-state index contributed by atoms with van der Waals surface area (Å²) in [7, 11) is 0. The van der Waals surface area contributed by atoms with Crippen LogP contribution >= 0.6 is 0 Å². The van der Waals surface area contributed by atoms with Gasteiger partial charge in [0.05, 0.1) is 13.2 Å².